The Labute approximate surface area is 124 Å². The first-order valence-corrected chi connectivity index (χ1v) is 6.46. The molecule has 1 aromatic heterocycles. The van der Waals surface area contributed by atoms with Crippen LogP contribution in [-0.2, 0) is 6.54 Å². The van der Waals surface area contributed by atoms with E-state index >= 15 is 0 Å². The highest BCUT2D eigenvalue weighted by Gasteiger charge is 2.37. The Morgan fingerprint density at radius 1 is 1.23 bits per heavy atom. The number of fused-ring (bicyclic) bond motifs is 1. The van der Waals surface area contributed by atoms with Gasteiger partial charge in [-0.2, -0.15) is 0 Å². The minimum Gasteiger partial charge on any atom is -0.361 e. The summed E-state index contributed by atoms with van der Waals surface area (Å²) in [6.45, 7) is 3.44. The molecule has 0 bridgehead atoms. The molecule has 0 radical (unpaired) electrons. The first-order chi connectivity index (χ1) is 10.4. The summed E-state index contributed by atoms with van der Waals surface area (Å²) < 4.78 is 5.02. The second kappa shape index (κ2) is 4.76. The minimum atomic E-state index is -0.602. The number of carbonyl (C=O) groups is 2. The van der Waals surface area contributed by atoms with Gasteiger partial charge in [0.15, 0.2) is 0 Å². The van der Waals surface area contributed by atoms with Gasteiger partial charge in [-0.05, 0) is 19.9 Å². The fourth-order valence-corrected chi connectivity index (χ4v) is 2.42. The van der Waals surface area contributed by atoms with E-state index in [1.807, 2.05) is 0 Å². The van der Waals surface area contributed by atoms with Crippen molar-refractivity contribution >= 4 is 17.5 Å². The van der Waals surface area contributed by atoms with E-state index in [1.54, 1.807) is 13.8 Å². The van der Waals surface area contributed by atoms with Crippen LogP contribution < -0.4 is 0 Å². The van der Waals surface area contributed by atoms with Gasteiger partial charge in [0.2, 0.25) is 0 Å². The summed E-state index contributed by atoms with van der Waals surface area (Å²) in [4.78, 5) is 35.9. The molecule has 0 N–H and O–H groups in total. The zero-order valence-corrected chi connectivity index (χ0v) is 11.8. The van der Waals surface area contributed by atoms with Gasteiger partial charge in [0.25, 0.3) is 17.5 Å². The lowest BCUT2D eigenvalue weighted by Gasteiger charge is -2.13. The van der Waals surface area contributed by atoms with E-state index < -0.39 is 16.7 Å². The number of benzene rings is 1. The number of non-ortho nitro benzene ring substituents is 1. The van der Waals surface area contributed by atoms with E-state index in [0.717, 1.165) is 11.0 Å². The van der Waals surface area contributed by atoms with Crippen molar-refractivity contribution in [1.82, 2.24) is 10.1 Å². The Hall–Kier alpha value is -3.03. The maximum atomic E-state index is 12.4. The smallest absolute Gasteiger partial charge is 0.270 e. The molecule has 1 aliphatic heterocycles. The summed E-state index contributed by atoms with van der Waals surface area (Å²) in [7, 11) is 0. The third-order valence-electron chi connectivity index (χ3n) is 3.66. The van der Waals surface area contributed by atoms with E-state index in [0.29, 0.717) is 17.0 Å². The number of aryl methyl sites for hydroxylation is 2. The van der Waals surface area contributed by atoms with E-state index in [-0.39, 0.29) is 23.4 Å². The standard InChI is InChI=1S/C14H11N3O5/c1-7-12(8(2)22-15-7)6-16-13(18)10-4-3-9(17(20)21)5-11(10)14(16)19/h3-5H,6H2,1-2H3. The summed E-state index contributed by atoms with van der Waals surface area (Å²) in [5.74, 6) is -0.501. The zero-order valence-electron chi connectivity index (χ0n) is 11.8. The highest BCUT2D eigenvalue weighted by atomic mass is 16.6. The summed E-state index contributed by atoms with van der Waals surface area (Å²) in [6.07, 6.45) is 0. The predicted molar refractivity (Wildman–Crippen MR) is 73.3 cm³/mol. The second-order valence-corrected chi connectivity index (χ2v) is 4.99. The van der Waals surface area contributed by atoms with Crippen LogP contribution in [0.1, 0.15) is 37.7 Å². The van der Waals surface area contributed by atoms with Crippen molar-refractivity contribution in [3.63, 3.8) is 0 Å². The molecule has 0 unspecified atom stereocenters. The van der Waals surface area contributed by atoms with Crippen molar-refractivity contribution in [2.75, 3.05) is 0 Å². The molecule has 112 valence electrons. The van der Waals surface area contributed by atoms with Crippen molar-refractivity contribution < 1.29 is 19.0 Å². The lowest BCUT2D eigenvalue weighted by molar-refractivity contribution is -0.384. The molecule has 0 saturated heterocycles. The van der Waals surface area contributed by atoms with Crippen LogP contribution in [0.4, 0.5) is 5.69 Å². The lowest BCUT2D eigenvalue weighted by atomic mass is 10.1. The molecule has 0 saturated carbocycles. The quantitative estimate of drug-likeness (QED) is 0.487. The van der Waals surface area contributed by atoms with Crippen molar-refractivity contribution in [2.45, 2.75) is 20.4 Å². The molecule has 2 amide bonds. The monoisotopic (exact) mass is 301 g/mol. The Kier molecular flexibility index (Phi) is 3.01. The molecule has 8 heteroatoms. The molecule has 3 rings (SSSR count). The number of hydrogen-bond acceptors (Lipinski definition) is 6. The van der Waals surface area contributed by atoms with Crippen LogP contribution in [-0.4, -0.2) is 26.8 Å². The molecular weight excluding hydrogens is 290 g/mol. The third-order valence-corrected chi connectivity index (χ3v) is 3.66. The van der Waals surface area contributed by atoms with Crippen molar-refractivity contribution in [2.24, 2.45) is 0 Å². The number of carbonyl (C=O) groups excluding carboxylic acids is 2. The van der Waals surface area contributed by atoms with E-state index in [2.05, 4.69) is 5.16 Å². The van der Waals surface area contributed by atoms with Gasteiger partial charge >= 0.3 is 0 Å². The van der Waals surface area contributed by atoms with Crippen molar-refractivity contribution in [3.05, 3.63) is 56.5 Å². The largest absolute Gasteiger partial charge is 0.361 e. The molecule has 0 fully saturated rings. The van der Waals surface area contributed by atoms with Crippen molar-refractivity contribution in [1.29, 1.82) is 0 Å². The summed E-state index contributed by atoms with van der Waals surface area (Å²) in [6, 6.07) is 3.65. The number of amides is 2. The zero-order chi connectivity index (χ0) is 16.0. The van der Waals surface area contributed by atoms with Gasteiger partial charge in [-0.1, -0.05) is 5.16 Å². The molecule has 22 heavy (non-hydrogen) atoms. The Balaban J connectivity index is 1.98. The van der Waals surface area contributed by atoms with E-state index in [9.17, 15) is 19.7 Å². The molecule has 8 nitrogen and oxygen atoms in total. The summed E-state index contributed by atoms with van der Waals surface area (Å²) in [5.41, 5.74) is 1.25. The van der Waals surface area contributed by atoms with Crippen LogP contribution in [0.3, 0.4) is 0 Å². The van der Waals surface area contributed by atoms with Gasteiger partial charge in [-0.25, -0.2) is 0 Å². The predicted octanol–water partition coefficient (Wildman–Crippen LogP) is 2.00. The summed E-state index contributed by atoms with van der Waals surface area (Å²) >= 11 is 0. The third kappa shape index (κ3) is 1.96. The number of aromatic nitrogens is 1. The normalized spacial score (nSPS) is 13.6. The number of hydrogen-bond donors (Lipinski definition) is 0. The molecule has 1 aromatic carbocycles. The topological polar surface area (TPSA) is 107 Å². The van der Waals surface area contributed by atoms with Gasteiger partial charge in [0.05, 0.1) is 28.3 Å². The van der Waals surface area contributed by atoms with Crippen LogP contribution >= 0.6 is 0 Å². The second-order valence-electron chi connectivity index (χ2n) is 4.99. The van der Waals surface area contributed by atoms with Crippen molar-refractivity contribution in [3.8, 4) is 0 Å². The Bertz CT molecular complexity index is 804. The highest BCUT2D eigenvalue weighted by Crippen LogP contribution is 2.28. The molecule has 0 atom stereocenters. The molecule has 1 aliphatic rings. The van der Waals surface area contributed by atoms with Crippen LogP contribution in [0.25, 0.3) is 0 Å². The average Bonchev–Trinajstić information content (AvgIpc) is 2.92. The first kappa shape index (κ1) is 13.9. The summed E-state index contributed by atoms with van der Waals surface area (Å²) in [5, 5.41) is 14.6. The molecule has 2 heterocycles. The Morgan fingerprint density at radius 2 is 1.91 bits per heavy atom. The van der Waals surface area contributed by atoms with E-state index in [4.69, 9.17) is 4.52 Å². The van der Waals surface area contributed by atoms with Crippen LogP contribution in [0.5, 0.6) is 0 Å². The number of nitrogens with zero attached hydrogens (tertiary/aromatic N) is 3. The van der Waals surface area contributed by atoms with Crippen LogP contribution in [0.15, 0.2) is 22.7 Å². The van der Waals surface area contributed by atoms with Crippen LogP contribution in [0.2, 0.25) is 0 Å². The first-order valence-electron chi connectivity index (χ1n) is 6.46. The van der Waals surface area contributed by atoms with Gasteiger partial charge in [0, 0.05) is 17.7 Å². The van der Waals surface area contributed by atoms with Gasteiger partial charge in [-0.15, -0.1) is 0 Å². The highest BCUT2D eigenvalue weighted by molar-refractivity contribution is 6.21. The Morgan fingerprint density at radius 3 is 2.50 bits per heavy atom. The minimum absolute atomic E-state index is 0.0291. The molecular formula is C14H11N3O5. The fourth-order valence-electron chi connectivity index (χ4n) is 2.42. The van der Waals surface area contributed by atoms with Gasteiger partial charge in [0.1, 0.15) is 5.76 Å². The number of imide groups is 1. The molecule has 0 aliphatic carbocycles. The molecule has 0 spiro atoms. The number of nitro benzene ring substituents is 1. The fraction of sp³-hybridized carbons (Fsp3) is 0.214. The SMILES string of the molecule is Cc1noc(C)c1CN1C(=O)c2ccc([N+](=O)[O-])cc2C1=O. The van der Waals surface area contributed by atoms with Gasteiger partial charge < -0.3 is 4.52 Å². The number of rotatable bonds is 3. The molecule has 2 aromatic rings. The lowest BCUT2D eigenvalue weighted by Crippen LogP contribution is -2.29. The van der Waals surface area contributed by atoms with Gasteiger partial charge in [-0.3, -0.25) is 24.6 Å². The van der Waals surface area contributed by atoms with E-state index in [1.165, 1.54) is 12.1 Å². The average molecular weight is 301 g/mol. The maximum absolute atomic E-state index is 12.4. The van der Waals surface area contributed by atoms with Crippen LogP contribution in [0, 0.1) is 24.0 Å². The maximum Gasteiger partial charge on any atom is 0.270 e. The number of nitro groups is 1.